The fourth-order valence-corrected chi connectivity index (χ4v) is 3.37. The first-order valence-electron chi connectivity index (χ1n) is 9.05. The molecular weight excluding hydrogens is 326 g/mol. The zero-order valence-corrected chi connectivity index (χ0v) is 15.2. The van der Waals surface area contributed by atoms with Gasteiger partial charge in [-0.2, -0.15) is 0 Å². The minimum absolute atomic E-state index is 0.786. The lowest BCUT2D eigenvalue weighted by Gasteiger charge is -2.34. The van der Waals surface area contributed by atoms with E-state index in [2.05, 4.69) is 26.7 Å². The second kappa shape index (κ2) is 7.25. The summed E-state index contributed by atoms with van der Waals surface area (Å²) in [5, 5.41) is 0. The van der Waals surface area contributed by atoms with Crippen LogP contribution in [0.5, 0.6) is 0 Å². The van der Waals surface area contributed by atoms with Crippen LogP contribution in [0.4, 0.5) is 5.95 Å². The van der Waals surface area contributed by atoms with Crippen LogP contribution in [-0.4, -0.2) is 52.6 Å². The fourth-order valence-electron chi connectivity index (χ4n) is 3.37. The summed E-state index contributed by atoms with van der Waals surface area (Å²) in [4.78, 5) is 18.4. The molecule has 1 saturated heterocycles. The molecule has 6 heteroatoms. The molecule has 0 atom stereocenters. The van der Waals surface area contributed by atoms with Crippen molar-refractivity contribution < 1.29 is 4.42 Å². The molecule has 0 unspecified atom stereocenters. The molecule has 0 N–H and O–H groups in total. The number of pyridine rings is 1. The molecule has 0 radical (unpaired) electrons. The van der Waals surface area contributed by atoms with Crippen LogP contribution in [0, 0.1) is 6.92 Å². The maximum Gasteiger partial charge on any atom is 0.225 e. The van der Waals surface area contributed by atoms with Crippen molar-refractivity contribution in [3.8, 4) is 22.4 Å². The number of hydrogen-bond donors (Lipinski definition) is 0. The number of hydrogen-bond acceptors (Lipinski definition) is 6. The largest absolute Gasteiger partial charge is 0.469 e. The summed E-state index contributed by atoms with van der Waals surface area (Å²) >= 11 is 0. The Balaban J connectivity index is 1.74. The third-order valence-electron chi connectivity index (χ3n) is 4.98. The molecule has 3 aromatic heterocycles. The lowest BCUT2D eigenvalue weighted by molar-refractivity contribution is 0.270. The predicted octanol–water partition coefficient (Wildman–Crippen LogP) is 3.25. The Morgan fingerprint density at radius 2 is 1.81 bits per heavy atom. The van der Waals surface area contributed by atoms with Crippen LogP contribution in [0.3, 0.4) is 0 Å². The molecule has 1 aliphatic heterocycles. The van der Waals surface area contributed by atoms with Crippen molar-refractivity contribution in [3.63, 3.8) is 0 Å². The standard InChI is InChI=1S/C20H23N5O/c1-3-24-9-11-25(12-10-24)20-22-14-18(16-4-7-21-8-5-16)19(23-20)17-6-13-26-15(17)2/h4-8,13-14H,3,9-12H2,1-2H3. The Morgan fingerprint density at radius 1 is 1.04 bits per heavy atom. The van der Waals surface area contributed by atoms with Gasteiger partial charge in [-0.05, 0) is 37.2 Å². The second-order valence-corrected chi connectivity index (χ2v) is 6.48. The molecule has 0 aromatic carbocycles. The summed E-state index contributed by atoms with van der Waals surface area (Å²) in [6.45, 7) is 9.26. The van der Waals surface area contributed by atoms with Gasteiger partial charge in [-0.3, -0.25) is 4.98 Å². The predicted molar refractivity (Wildman–Crippen MR) is 102 cm³/mol. The third-order valence-corrected chi connectivity index (χ3v) is 4.98. The summed E-state index contributed by atoms with van der Waals surface area (Å²) in [5.41, 5.74) is 3.96. The van der Waals surface area contributed by atoms with E-state index < -0.39 is 0 Å². The van der Waals surface area contributed by atoms with E-state index in [0.717, 1.165) is 66.8 Å². The molecule has 1 fully saturated rings. The molecule has 0 saturated carbocycles. The van der Waals surface area contributed by atoms with Gasteiger partial charge in [-0.25, -0.2) is 9.97 Å². The van der Waals surface area contributed by atoms with E-state index in [9.17, 15) is 0 Å². The van der Waals surface area contributed by atoms with Crippen molar-refractivity contribution >= 4 is 5.95 Å². The first-order chi connectivity index (χ1) is 12.8. The Bertz CT molecular complexity index is 869. The quantitative estimate of drug-likeness (QED) is 0.721. The number of anilines is 1. The lowest BCUT2D eigenvalue weighted by atomic mass is 10.0. The summed E-state index contributed by atoms with van der Waals surface area (Å²) in [6, 6.07) is 5.94. The van der Waals surface area contributed by atoms with Gasteiger partial charge >= 0.3 is 0 Å². The zero-order valence-electron chi connectivity index (χ0n) is 15.2. The Kier molecular flexibility index (Phi) is 4.67. The Hall–Kier alpha value is -2.73. The van der Waals surface area contributed by atoms with Gasteiger partial charge in [0.15, 0.2) is 0 Å². The van der Waals surface area contributed by atoms with Crippen LogP contribution in [0.25, 0.3) is 22.4 Å². The van der Waals surface area contributed by atoms with Crippen LogP contribution in [0.1, 0.15) is 12.7 Å². The van der Waals surface area contributed by atoms with Gasteiger partial charge in [0.1, 0.15) is 5.76 Å². The van der Waals surface area contributed by atoms with Crippen molar-refractivity contribution in [1.29, 1.82) is 0 Å². The topological polar surface area (TPSA) is 58.3 Å². The van der Waals surface area contributed by atoms with Crippen molar-refractivity contribution in [1.82, 2.24) is 19.9 Å². The maximum absolute atomic E-state index is 5.53. The van der Waals surface area contributed by atoms with Gasteiger partial charge in [0.2, 0.25) is 5.95 Å². The van der Waals surface area contributed by atoms with E-state index in [-0.39, 0.29) is 0 Å². The number of aromatic nitrogens is 3. The van der Waals surface area contributed by atoms with Gasteiger partial charge in [-0.15, -0.1) is 0 Å². The van der Waals surface area contributed by atoms with Crippen LogP contribution in [0.15, 0.2) is 47.5 Å². The van der Waals surface area contributed by atoms with Gasteiger partial charge in [0.05, 0.1) is 12.0 Å². The van der Waals surface area contributed by atoms with Crippen LogP contribution >= 0.6 is 0 Å². The van der Waals surface area contributed by atoms with Crippen molar-refractivity contribution in [2.75, 3.05) is 37.6 Å². The van der Waals surface area contributed by atoms with Gasteiger partial charge < -0.3 is 14.2 Å². The summed E-state index contributed by atoms with van der Waals surface area (Å²) in [5.74, 6) is 1.65. The number of nitrogens with zero attached hydrogens (tertiary/aromatic N) is 5. The van der Waals surface area contributed by atoms with Crippen molar-refractivity contribution in [2.45, 2.75) is 13.8 Å². The third kappa shape index (κ3) is 3.20. The molecule has 0 amide bonds. The number of furan rings is 1. The van der Waals surface area contributed by atoms with Crippen molar-refractivity contribution in [3.05, 3.63) is 48.8 Å². The monoisotopic (exact) mass is 349 g/mol. The summed E-state index contributed by atoms with van der Waals surface area (Å²) in [7, 11) is 0. The minimum atomic E-state index is 0.786. The summed E-state index contributed by atoms with van der Waals surface area (Å²) in [6.07, 6.45) is 7.22. The molecule has 1 aliphatic rings. The normalized spacial score (nSPS) is 15.4. The highest BCUT2D eigenvalue weighted by molar-refractivity contribution is 5.81. The van der Waals surface area contributed by atoms with E-state index >= 15 is 0 Å². The van der Waals surface area contributed by atoms with E-state index in [1.807, 2.05) is 31.3 Å². The highest BCUT2D eigenvalue weighted by Gasteiger charge is 2.21. The molecule has 0 spiro atoms. The molecule has 4 rings (SSSR count). The molecule has 134 valence electrons. The van der Waals surface area contributed by atoms with E-state index in [1.165, 1.54) is 0 Å². The van der Waals surface area contributed by atoms with E-state index in [4.69, 9.17) is 9.40 Å². The first kappa shape index (κ1) is 16.7. The summed E-state index contributed by atoms with van der Waals surface area (Å²) < 4.78 is 5.53. The van der Waals surface area contributed by atoms with E-state index in [0.29, 0.717) is 0 Å². The molecular formula is C20H23N5O. The van der Waals surface area contributed by atoms with Gasteiger partial charge in [-0.1, -0.05) is 6.92 Å². The number of aryl methyl sites for hydroxylation is 1. The maximum atomic E-state index is 5.53. The van der Waals surface area contributed by atoms with E-state index in [1.54, 1.807) is 18.7 Å². The smallest absolute Gasteiger partial charge is 0.225 e. The lowest BCUT2D eigenvalue weighted by Crippen LogP contribution is -2.46. The van der Waals surface area contributed by atoms with Crippen LogP contribution in [-0.2, 0) is 0 Å². The van der Waals surface area contributed by atoms with Gasteiger partial charge in [0.25, 0.3) is 0 Å². The Labute approximate surface area is 153 Å². The number of likely N-dealkylation sites (N-methyl/N-ethyl adjacent to an activating group) is 1. The fraction of sp³-hybridized carbons (Fsp3) is 0.350. The molecule has 4 heterocycles. The molecule has 3 aromatic rings. The highest BCUT2D eigenvalue weighted by atomic mass is 16.3. The second-order valence-electron chi connectivity index (χ2n) is 6.48. The first-order valence-corrected chi connectivity index (χ1v) is 9.05. The van der Waals surface area contributed by atoms with Crippen LogP contribution < -0.4 is 4.90 Å². The molecule has 6 nitrogen and oxygen atoms in total. The SMILES string of the molecule is CCN1CCN(c2ncc(-c3ccncc3)c(-c3ccoc3C)n2)CC1. The average molecular weight is 349 g/mol. The Morgan fingerprint density at radius 3 is 2.46 bits per heavy atom. The zero-order chi connectivity index (χ0) is 17.9. The minimum Gasteiger partial charge on any atom is -0.469 e. The average Bonchev–Trinajstić information content (AvgIpc) is 3.14. The molecule has 0 bridgehead atoms. The van der Waals surface area contributed by atoms with Crippen LogP contribution in [0.2, 0.25) is 0 Å². The molecule has 26 heavy (non-hydrogen) atoms. The highest BCUT2D eigenvalue weighted by Crippen LogP contribution is 2.33. The van der Waals surface area contributed by atoms with Gasteiger partial charge in [0, 0.05) is 55.9 Å². The van der Waals surface area contributed by atoms with Crippen molar-refractivity contribution in [2.24, 2.45) is 0 Å². The molecule has 0 aliphatic carbocycles. The number of rotatable bonds is 4. The number of piperazine rings is 1.